The molecule has 4 nitrogen and oxygen atoms in total. The van der Waals surface area contributed by atoms with Gasteiger partial charge in [0, 0.05) is 13.6 Å². The molecule has 98 valence electrons. The molecule has 0 bridgehead atoms. The second kappa shape index (κ2) is 5.71. The van der Waals surface area contributed by atoms with Crippen molar-refractivity contribution in [1.29, 1.82) is 0 Å². The minimum Gasteiger partial charge on any atom is -0.478 e. The molecule has 2 rings (SSSR count). The van der Waals surface area contributed by atoms with Gasteiger partial charge in [-0.05, 0) is 17.7 Å². The number of benzene rings is 1. The zero-order chi connectivity index (χ0) is 13.8. The van der Waals surface area contributed by atoms with Gasteiger partial charge in [0.25, 0.3) is 0 Å². The van der Waals surface area contributed by atoms with E-state index in [1.807, 2.05) is 42.3 Å². The molecule has 0 spiro atoms. The molecule has 19 heavy (non-hydrogen) atoms. The fraction of sp³-hybridized carbons (Fsp3) is 0.143. The van der Waals surface area contributed by atoms with Gasteiger partial charge in [0.2, 0.25) is 0 Å². The van der Waals surface area contributed by atoms with E-state index in [1.54, 1.807) is 0 Å². The summed E-state index contributed by atoms with van der Waals surface area (Å²) < 4.78 is 0. The number of hydrogen-bond acceptors (Lipinski definition) is 3. The Hall–Kier alpha value is -2.07. The number of hydrogen-bond donors (Lipinski definition) is 1. The number of carbonyl (C=O) groups is 1. The number of nitrogens with zero attached hydrogens (tertiary/aromatic N) is 2. The Morgan fingerprint density at radius 2 is 2.00 bits per heavy atom. The van der Waals surface area contributed by atoms with Crippen molar-refractivity contribution < 1.29 is 9.90 Å². The van der Waals surface area contributed by atoms with E-state index in [2.05, 4.69) is 4.98 Å². The van der Waals surface area contributed by atoms with Gasteiger partial charge in [-0.25, -0.2) is 9.78 Å². The molecule has 1 aromatic carbocycles. The predicted molar refractivity (Wildman–Crippen MR) is 74.8 cm³/mol. The average molecular weight is 277 g/mol. The summed E-state index contributed by atoms with van der Waals surface area (Å²) >= 11 is 5.84. The van der Waals surface area contributed by atoms with Crippen LogP contribution in [0.15, 0.2) is 42.5 Å². The number of aromatic nitrogens is 1. The number of halogens is 1. The fourth-order valence-electron chi connectivity index (χ4n) is 1.74. The summed E-state index contributed by atoms with van der Waals surface area (Å²) in [5.41, 5.74) is 1.25. The lowest BCUT2D eigenvalue weighted by Crippen LogP contribution is -2.18. The smallest absolute Gasteiger partial charge is 0.335 e. The van der Waals surface area contributed by atoms with E-state index in [4.69, 9.17) is 16.7 Å². The fourth-order valence-corrected chi connectivity index (χ4v) is 1.94. The van der Waals surface area contributed by atoms with Gasteiger partial charge >= 0.3 is 5.97 Å². The quantitative estimate of drug-likeness (QED) is 0.872. The molecule has 0 saturated carbocycles. The van der Waals surface area contributed by atoms with Crippen molar-refractivity contribution in [2.24, 2.45) is 0 Å². The number of carboxylic acids is 1. The number of anilines is 1. The topological polar surface area (TPSA) is 53.4 Å². The number of carboxylic acid groups (broad SMARTS) is 1. The highest BCUT2D eigenvalue weighted by Gasteiger charge is 2.10. The second-order valence-electron chi connectivity index (χ2n) is 4.18. The molecule has 5 heteroatoms. The van der Waals surface area contributed by atoms with Gasteiger partial charge in [-0.15, -0.1) is 0 Å². The van der Waals surface area contributed by atoms with E-state index < -0.39 is 5.97 Å². The van der Waals surface area contributed by atoms with Gasteiger partial charge in [0.05, 0.1) is 5.56 Å². The van der Waals surface area contributed by atoms with Crippen LogP contribution in [0.25, 0.3) is 0 Å². The normalized spacial score (nSPS) is 10.2. The van der Waals surface area contributed by atoms with E-state index >= 15 is 0 Å². The van der Waals surface area contributed by atoms with E-state index in [9.17, 15) is 4.79 Å². The molecule has 1 aromatic heterocycles. The van der Waals surface area contributed by atoms with Crippen LogP contribution in [0.5, 0.6) is 0 Å². The zero-order valence-electron chi connectivity index (χ0n) is 10.4. The Bertz CT molecular complexity index is 587. The highest BCUT2D eigenvalue weighted by Crippen LogP contribution is 2.19. The number of rotatable bonds is 4. The molecular formula is C14H13ClN2O2. The third-order valence-corrected chi connectivity index (χ3v) is 2.87. The van der Waals surface area contributed by atoms with E-state index in [-0.39, 0.29) is 10.7 Å². The van der Waals surface area contributed by atoms with Crippen molar-refractivity contribution in [3.8, 4) is 0 Å². The van der Waals surface area contributed by atoms with Crippen LogP contribution in [0.3, 0.4) is 0 Å². The summed E-state index contributed by atoms with van der Waals surface area (Å²) in [5, 5.41) is 9.18. The molecule has 0 aliphatic rings. The first-order chi connectivity index (χ1) is 9.06. The van der Waals surface area contributed by atoms with Crippen molar-refractivity contribution in [2.45, 2.75) is 6.54 Å². The maximum Gasteiger partial charge on any atom is 0.335 e. The van der Waals surface area contributed by atoms with Gasteiger partial charge in [-0.1, -0.05) is 41.9 Å². The first kappa shape index (κ1) is 13.4. The van der Waals surface area contributed by atoms with Crippen LogP contribution >= 0.6 is 11.6 Å². The Balaban J connectivity index is 2.24. The third-order valence-electron chi connectivity index (χ3n) is 2.68. The minimum atomic E-state index is -1.02. The van der Waals surface area contributed by atoms with Crippen molar-refractivity contribution in [3.05, 3.63) is 58.7 Å². The van der Waals surface area contributed by atoms with Gasteiger partial charge in [-0.3, -0.25) is 0 Å². The zero-order valence-corrected chi connectivity index (χ0v) is 11.1. The van der Waals surface area contributed by atoms with Gasteiger partial charge in [-0.2, -0.15) is 0 Å². The Morgan fingerprint density at radius 1 is 1.32 bits per heavy atom. The summed E-state index contributed by atoms with van der Waals surface area (Å²) in [6.45, 7) is 0.632. The van der Waals surface area contributed by atoms with E-state index in [1.165, 1.54) is 12.1 Å². The Labute approximate surface area is 116 Å². The van der Waals surface area contributed by atoms with Gasteiger partial charge < -0.3 is 10.0 Å². The summed E-state index contributed by atoms with van der Waals surface area (Å²) in [7, 11) is 1.84. The van der Waals surface area contributed by atoms with Crippen LogP contribution in [-0.4, -0.2) is 23.1 Å². The lowest BCUT2D eigenvalue weighted by atomic mass is 10.2. The minimum absolute atomic E-state index is 0.134. The second-order valence-corrected chi connectivity index (χ2v) is 4.57. The molecule has 0 amide bonds. The Morgan fingerprint density at radius 3 is 2.63 bits per heavy atom. The molecule has 1 heterocycles. The van der Waals surface area contributed by atoms with Crippen LogP contribution in [0.2, 0.25) is 5.15 Å². The largest absolute Gasteiger partial charge is 0.478 e. The molecule has 0 radical (unpaired) electrons. The van der Waals surface area contributed by atoms with Gasteiger partial charge in [0.15, 0.2) is 0 Å². The molecule has 0 atom stereocenters. The van der Waals surface area contributed by atoms with E-state index in [0.29, 0.717) is 12.4 Å². The van der Waals surface area contributed by atoms with Crippen molar-refractivity contribution in [3.63, 3.8) is 0 Å². The van der Waals surface area contributed by atoms with Crippen molar-refractivity contribution in [2.75, 3.05) is 11.9 Å². The summed E-state index contributed by atoms with van der Waals surface area (Å²) in [4.78, 5) is 17.0. The monoisotopic (exact) mass is 276 g/mol. The molecule has 0 fully saturated rings. The first-order valence-electron chi connectivity index (χ1n) is 5.72. The predicted octanol–water partition coefficient (Wildman–Crippen LogP) is 3.07. The summed E-state index contributed by atoms with van der Waals surface area (Å²) in [6, 6.07) is 12.7. The van der Waals surface area contributed by atoms with Crippen LogP contribution < -0.4 is 4.90 Å². The lowest BCUT2D eigenvalue weighted by molar-refractivity contribution is 0.0697. The average Bonchev–Trinajstić information content (AvgIpc) is 2.39. The number of aromatic carboxylic acids is 1. The van der Waals surface area contributed by atoms with Crippen LogP contribution in [0.1, 0.15) is 15.9 Å². The summed E-state index contributed by atoms with van der Waals surface area (Å²) in [6.07, 6.45) is 0. The molecule has 0 aliphatic carbocycles. The van der Waals surface area contributed by atoms with Gasteiger partial charge in [0.1, 0.15) is 11.0 Å². The molecule has 0 saturated heterocycles. The molecule has 1 N–H and O–H groups in total. The Kier molecular flexibility index (Phi) is 4.02. The highest BCUT2D eigenvalue weighted by molar-refractivity contribution is 6.29. The third kappa shape index (κ3) is 3.45. The SMILES string of the molecule is CN(Cc1ccccc1)c1cc(C(=O)O)cc(Cl)n1. The maximum atomic E-state index is 11.0. The maximum absolute atomic E-state index is 11.0. The van der Waals surface area contributed by atoms with Crippen LogP contribution in [0, 0.1) is 0 Å². The standard InChI is InChI=1S/C14H13ClN2O2/c1-17(9-10-5-3-2-4-6-10)13-8-11(14(18)19)7-12(15)16-13/h2-8H,9H2,1H3,(H,18,19). The van der Waals surface area contributed by atoms with Crippen molar-refractivity contribution in [1.82, 2.24) is 4.98 Å². The molecular weight excluding hydrogens is 264 g/mol. The molecule has 2 aromatic rings. The number of pyridine rings is 1. The summed E-state index contributed by atoms with van der Waals surface area (Å²) in [5.74, 6) is -0.479. The first-order valence-corrected chi connectivity index (χ1v) is 6.10. The van der Waals surface area contributed by atoms with Crippen LogP contribution in [0.4, 0.5) is 5.82 Å². The van der Waals surface area contributed by atoms with Crippen molar-refractivity contribution >= 4 is 23.4 Å². The van der Waals surface area contributed by atoms with E-state index in [0.717, 1.165) is 5.56 Å². The highest BCUT2D eigenvalue weighted by atomic mass is 35.5. The van der Waals surface area contributed by atoms with Crippen LogP contribution in [-0.2, 0) is 6.54 Å². The molecule has 0 aliphatic heterocycles. The lowest BCUT2D eigenvalue weighted by Gasteiger charge is -2.18. The molecule has 0 unspecified atom stereocenters.